The summed E-state index contributed by atoms with van der Waals surface area (Å²) in [5.74, 6) is 0. The van der Waals surface area contributed by atoms with Crippen molar-refractivity contribution in [2.75, 3.05) is 24.3 Å². The lowest BCUT2D eigenvalue weighted by atomic mass is 9.32. The van der Waals surface area contributed by atoms with Crippen molar-refractivity contribution in [3.05, 3.63) is 370 Å². The minimum atomic E-state index is -0.211. The summed E-state index contributed by atoms with van der Waals surface area (Å²) >= 11 is 0. The molecule has 4 aliphatic rings. The first-order chi connectivity index (χ1) is 48.1. The van der Waals surface area contributed by atoms with Gasteiger partial charge < -0.3 is 24.3 Å². The Morgan fingerprint density at radius 1 is 0.206 bits per heavy atom. The predicted octanol–water partition coefficient (Wildman–Crippen LogP) is 21.2. The first kappa shape index (κ1) is 56.0. The fourth-order valence-corrected chi connectivity index (χ4v) is 15.9. The molecule has 5 nitrogen and oxygen atoms in total. The molecule has 452 valence electrons. The number of rotatable bonds is 12. The van der Waals surface area contributed by atoms with Crippen molar-refractivity contribution in [3.63, 3.8) is 0 Å². The van der Waals surface area contributed by atoms with E-state index in [1.54, 1.807) is 0 Å². The van der Waals surface area contributed by atoms with E-state index in [9.17, 15) is 0 Å². The van der Waals surface area contributed by atoms with E-state index >= 15 is 0 Å². The monoisotopic (exact) mass is 1230 g/mol. The summed E-state index contributed by atoms with van der Waals surface area (Å²) in [4.78, 5) is 10.0. The van der Waals surface area contributed by atoms with Gasteiger partial charge in [0, 0.05) is 85.1 Å². The van der Waals surface area contributed by atoms with Gasteiger partial charge in [-0.25, -0.2) is 0 Å². The third-order valence-corrected chi connectivity index (χ3v) is 20.2. The number of anilines is 13. The highest BCUT2D eigenvalue weighted by Crippen LogP contribution is 2.55. The second kappa shape index (κ2) is 23.2. The number of nitrogens with zero attached hydrogens (tertiary/aromatic N) is 5. The van der Waals surface area contributed by atoms with E-state index in [4.69, 9.17) is 0 Å². The standard InChI is InChI=1S/C90H61B2N5/c1-7-24-62(25-8-1)66-42-50-72(51-43-66)93(73-52-44-67(45-53-73)63-26-9-2-10-27-63)76-58-80-78-36-23-37-79-81-59-77(94(74-54-46-68(47-55-74)64-28-11-3-12-29-64)75-56-48-69(49-57-75)65-30-13-4-14-31-65)61-87-89(81)92(83-39-20-22-41-85(83)96(87)71-34-17-6-18-35-71)97(90(78)79)91-82-38-19-21-40-84(82)95(86(60-76)88(80)91)70-32-15-5-16-33-70/h1-61H. The maximum Gasteiger partial charge on any atom is 0.316 e. The first-order valence-electron chi connectivity index (χ1n) is 33.5. The van der Waals surface area contributed by atoms with Crippen LogP contribution in [-0.4, -0.2) is 13.7 Å². The third-order valence-electron chi connectivity index (χ3n) is 20.2. The van der Waals surface area contributed by atoms with Crippen LogP contribution in [0.25, 0.3) is 66.8 Å². The topological polar surface area (TPSA) is 16.2 Å². The normalized spacial score (nSPS) is 12.6. The quantitative estimate of drug-likeness (QED) is 0.113. The molecule has 97 heavy (non-hydrogen) atoms. The Hall–Kier alpha value is -12.6. The molecule has 0 unspecified atom stereocenters. The van der Waals surface area contributed by atoms with Crippen molar-refractivity contribution in [2.24, 2.45) is 0 Å². The van der Waals surface area contributed by atoms with Crippen LogP contribution in [0, 0.1) is 0 Å². The molecule has 0 aromatic heterocycles. The molecule has 7 heteroatoms. The molecule has 0 fully saturated rings. The molecular formula is C90H61B2N5. The number of hydrogen-bond acceptors (Lipinski definition) is 5. The van der Waals surface area contributed by atoms with Crippen LogP contribution in [0.15, 0.2) is 370 Å². The van der Waals surface area contributed by atoms with Crippen LogP contribution in [0.3, 0.4) is 0 Å². The van der Waals surface area contributed by atoms with Gasteiger partial charge in [-0.2, -0.15) is 0 Å². The second-order valence-electron chi connectivity index (χ2n) is 25.5. The van der Waals surface area contributed by atoms with E-state index in [0.29, 0.717) is 0 Å². The molecule has 0 saturated carbocycles. The lowest BCUT2D eigenvalue weighted by molar-refractivity contribution is 1.24. The summed E-state index contributed by atoms with van der Waals surface area (Å²) in [5.41, 5.74) is 33.7. The molecule has 0 bridgehead atoms. The third kappa shape index (κ3) is 9.34. The molecular weight excluding hydrogens is 1170 g/mol. The summed E-state index contributed by atoms with van der Waals surface area (Å²) in [6.07, 6.45) is 0. The van der Waals surface area contributed by atoms with Gasteiger partial charge in [-0.1, -0.05) is 261 Å². The van der Waals surface area contributed by atoms with Crippen molar-refractivity contribution >= 4 is 109 Å². The van der Waals surface area contributed by atoms with E-state index in [1.807, 2.05) is 0 Å². The number of hydrogen-bond donors (Lipinski definition) is 0. The van der Waals surface area contributed by atoms with Crippen LogP contribution in [0.2, 0.25) is 0 Å². The zero-order valence-electron chi connectivity index (χ0n) is 53.1. The molecule has 19 rings (SSSR count). The Bertz CT molecular complexity index is 4950. The largest absolute Gasteiger partial charge is 0.444 e. The average Bonchev–Trinajstić information content (AvgIpc) is 0.674. The molecule has 15 aromatic rings. The van der Waals surface area contributed by atoms with Gasteiger partial charge in [0.1, 0.15) is 0 Å². The number of para-hydroxylation sites is 5. The molecule has 4 heterocycles. The zero-order valence-corrected chi connectivity index (χ0v) is 53.1. The lowest BCUT2D eigenvalue weighted by Crippen LogP contribution is -2.74. The highest BCUT2D eigenvalue weighted by molar-refractivity contribution is 7.09. The summed E-state index contributed by atoms with van der Waals surface area (Å²) in [5, 5.41) is 0. The second-order valence-corrected chi connectivity index (χ2v) is 25.5. The lowest BCUT2D eigenvalue weighted by Gasteiger charge is -2.53. The molecule has 0 radical (unpaired) electrons. The number of fused-ring (bicyclic) bond motifs is 8. The molecule has 4 aliphatic heterocycles. The molecule has 0 saturated heterocycles. The van der Waals surface area contributed by atoms with Crippen LogP contribution >= 0.6 is 0 Å². The number of benzene rings is 15. The minimum Gasteiger partial charge on any atom is -0.444 e. The van der Waals surface area contributed by atoms with Crippen LogP contribution < -0.4 is 46.2 Å². The van der Waals surface area contributed by atoms with Gasteiger partial charge in [-0.15, -0.1) is 0 Å². The van der Waals surface area contributed by atoms with E-state index in [2.05, 4.69) is 394 Å². The van der Waals surface area contributed by atoms with Gasteiger partial charge in [-0.3, -0.25) is 0 Å². The van der Waals surface area contributed by atoms with Gasteiger partial charge >= 0.3 is 13.7 Å². The highest BCUT2D eigenvalue weighted by Gasteiger charge is 2.54. The first-order valence-corrected chi connectivity index (χ1v) is 33.5. The van der Waals surface area contributed by atoms with E-state index < -0.39 is 0 Å². The van der Waals surface area contributed by atoms with Gasteiger partial charge in [0.15, 0.2) is 0 Å². The highest BCUT2D eigenvalue weighted by atomic mass is 15.2. The maximum atomic E-state index is 2.84. The average molecular weight is 1230 g/mol. The van der Waals surface area contributed by atoms with Gasteiger partial charge in [0.25, 0.3) is 0 Å². The summed E-state index contributed by atoms with van der Waals surface area (Å²) < 4.78 is 2.84. The Morgan fingerprint density at radius 3 is 0.804 bits per heavy atom. The SMILES string of the molecule is c1ccc(-c2ccc(N(c3ccc(-c4ccccc4)cc3)c3cc4c5c(c3)N(c3ccccc3)c3ccccc3B5N3B5c6ccccc6N(c6ccccc6)c6cc(N(c7ccc(-c8ccccc8)cc7)c7ccc(-c8ccccc8)cc7)cc(c65)-c5cccc-4c53)cc2)cc1. The molecule has 0 aliphatic carbocycles. The van der Waals surface area contributed by atoms with Crippen molar-refractivity contribution in [1.29, 1.82) is 0 Å². The molecule has 0 atom stereocenters. The van der Waals surface area contributed by atoms with E-state index in [1.165, 1.54) is 94.3 Å². The van der Waals surface area contributed by atoms with E-state index in [-0.39, 0.29) is 13.7 Å². The Morgan fingerprint density at radius 2 is 0.485 bits per heavy atom. The van der Waals surface area contributed by atoms with E-state index in [0.717, 1.165) is 68.2 Å². The van der Waals surface area contributed by atoms with Gasteiger partial charge in [0.05, 0.1) is 0 Å². The summed E-state index contributed by atoms with van der Waals surface area (Å²) in [6.45, 7) is -0.422. The molecule has 0 spiro atoms. The van der Waals surface area contributed by atoms with Crippen LogP contribution in [0.1, 0.15) is 0 Å². The van der Waals surface area contributed by atoms with Crippen molar-refractivity contribution in [1.82, 2.24) is 0 Å². The molecule has 0 N–H and O–H groups in total. The van der Waals surface area contributed by atoms with Crippen molar-refractivity contribution in [2.45, 2.75) is 0 Å². The van der Waals surface area contributed by atoms with Crippen molar-refractivity contribution in [3.8, 4) is 66.8 Å². The Labute approximate surface area is 567 Å². The molecule has 0 amide bonds. The Kier molecular flexibility index (Phi) is 13.4. The molecule has 15 aromatic carbocycles. The van der Waals surface area contributed by atoms with Crippen LogP contribution in [0.4, 0.5) is 73.9 Å². The fourth-order valence-electron chi connectivity index (χ4n) is 15.9. The smallest absolute Gasteiger partial charge is 0.316 e. The van der Waals surface area contributed by atoms with Crippen LogP contribution in [-0.2, 0) is 0 Å². The van der Waals surface area contributed by atoms with Gasteiger partial charge in [0.2, 0.25) is 0 Å². The zero-order chi connectivity index (χ0) is 63.9. The summed E-state index contributed by atoms with van der Waals surface area (Å²) in [7, 11) is 0. The van der Waals surface area contributed by atoms with Gasteiger partial charge in [-0.05, 0) is 187 Å². The maximum absolute atomic E-state index is 2.84. The predicted molar refractivity (Wildman–Crippen MR) is 410 cm³/mol. The minimum absolute atomic E-state index is 0.211. The summed E-state index contributed by atoms with van der Waals surface area (Å²) in [6, 6.07) is 137. The van der Waals surface area contributed by atoms with Crippen LogP contribution in [0.5, 0.6) is 0 Å². The van der Waals surface area contributed by atoms with Crippen molar-refractivity contribution < 1.29 is 0 Å². The Balaban J connectivity index is 0.879. The fraction of sp³-hybridized carbons (Fsp3) is 0.